The summed E-state index contributed by atoms with van der Waals surface area (Å²) in [7, 11) is 0. The molecule has 2 aliphatic rings. The third-order valence-corrected chi connectivity index (χ3v) is 5.65. The van der Waals surface area contributed by atoms with E-state index in [1.165, 1.54) is 11.3 Å². The van der Waals surface area contributed by atoms with Crippen LogP contribution in [0, 0.1) is 0 Å². The van der Waals surface area contributed by atoms with Crippen LogP contribution in [0.25, 0.3) is 0 Å². The Balaban J connectivity index is 1.40. The number of nitrogens with zero attached hydrogens (tertiary/aromatic N) is 4. The van der Waals surface area contributed by atoms with Gasteiger partial charge < -0.3 is 4.90 Å². The molecule has 10 heteroatoms. The monoisotopic (exact) mass is 399 g/mol. The highest BCUT2D eigenvalue weighted by Gasteiger charge is 2.33. The van der Waals surface area contributed by atoms with Crippen LogP contribution in [0.5, 0.6) is 0 Å². The molecule has 1 saturated heterocycles. The van der Waals surface area contributed by atoms with Crippen molar-refractivity contribution in [3.8, 4) is 0 Å². The molecule has 1 fully saturated rings. The highest BCUT2D eigenvalue weighted by atomic mass is 32.1. The lowest BCUT2D eigenvalue weighted by molar-refractivity contribution is -0.145. The molecule has 0 aromatic carbocycles. The molecule has 0 aliphatic carbocycles. The Hall–Kier alpha value is -3.14. The van der Waals surface area contributed by atoms with E-state index in [0.29, 0.717) is 30.3 Å². The third-order valence-electron chi connectivity index (χ3n) is 4.65. The molecular formula is C18H17N5O4S. The zero-order chi connectivity index (χ0) is 19.7. The van der Waals surface area contributed by atoms with Gasteiger partial charge in [0, 0.05) is 36.9 Å². The minimum absolute atomic E-state index is 0.171. The fraction of sp³-hybridized carbons (Fsp3) is 0.333. The molecule has 28 heavy (non-hydrogen) atoms. The van der Waals surface area contributed by atoms with Crippen LogP contribution in [0.3, 0.4) is 0 Å². The highest BCUT2D eigenvalue weighted by Crippen LogP contribution is 2.28. The molecule has 0 saturated carbocycles. The fourth-order valence-electron chi connectivity index (χ4n) is 3.15. The molecule has 1 N–H and O–H groups in total. The van der Waals surface area contributed by atoms with E-state index in [1.54, 1.807) is 29.3 Å². The first-order valence-corrected chi connectivity index (χ1v) is 9.65. The van der Waals surface area contributed by atoms with Gasteiger partial charge in [0.2, 0.25) is 17.7 Å². The number of aromatic nitrogens is 2. The minimum atomic E-state index is -0.342. The zero-order valence-corrected chi connectivity index (χ0v) is 15.7. The number of nitrogens with one attached hydrogen (secondary N) is 1. The average Bonchev–Trinajstić information content (AvgIpc) is 3.25. The first kappa shape index (κ1) is 18.2. The van der Waals surface area contributed by atoms with Crippen LogP contribution in [0.2, 0.25) is 0 Å². The summed E-state index contributed by atoms with van der Waals surface area (Å²) in [5, 5.41) is 3.19. The lowest BCUT2D eigenvalue weighted by Gasteiger charge is -2.27. The van der Waals surface area contributed by atoms with Crippen molar-refractivity contribution in [1.82, 2.24) is 19.8 Å². The number of likely N-dealkylation sites (tertiary alicyclic amines) is 1. The standard InChI is InChI=1S/C18H17N5O4S/c24-14-4-5-15(25)23(14)10-16(26)22-8-6-11-13(9-22)28-18(20-11)21-17(27)12-3-1-2-7-19-12/h1-3,7H,4-6,8-10H2,(H,20,21,27). The summed E-state index contributed by atoms with van der Waals surface area (Å²) in [6.07, 6.45) is 2.44. The quantitative estimate of drug-likeness (QED) is 0.762. The van der Waals surface area contributed by atoms with Gasteiger partial charge in [-0.25, -0.2) is 4.98 Å². The second-order valence-corrected chi connectivity index (χ2v) is 7.58. The van der Waals surface area contributed by atoms with Crippen molar-refractivity contribution in [2.75, 3.05) is 18.4 Å². The van der Waals surface area contributed by atoms with Crippen molar-refractivity contribution < 1.29 is 19.2 Å². The summed E-state index contributed by atoms with van der Waals surface area (Å²) in [6, 6.07) is 5.08. The maximum atomic E-state index is 12.5. The number of rotatable bonds is 4. The molecule has 0 radical (unpaired) electrons. The van der Waals surface area contributed by atoms with Gasteiger partial charge in [-0.15, -0.1) is 0 Å². The van der Waals surface area contributed by atoms with E-state index < -0.39 is 0 Å². The molecule has 4 amide bonds. The Bertz CT molecular complexity index is 942. The summed E-state index contributed by atoms with van der Waals surface area (Å²) >= 11 is 1.31. The van der Waals surface area contributed by atoms with E-state index in [9.17, 15) is 19.2 Å². The second kappa shape index (κ2) is 7.47. The lowest BCUT2D eigenvalue weighted by atomic mass is 10.2. The van der Waals surface area contributed by atoms with Gasteiger partial charge in [-0.05, 0) is 12.1 Å². The second-order valence-electron chi connectivity index (χ2n) is 6.50. The van der Waals surface area contributed by atoms with Gasteiger partial charge in [-0.3, -0.25) is 34.4 Å². The normalized spacial score (nSPS) is 16.3. The Morgan fingerprint density at radius 3 is 2.64 bits per heavy atom. The van der Waals surface area contributed by atoms with Gasteiger partial charge in [0.15, 0.2) is 5.13 Å². The van der Waals surface area contributed by atoms with Gasteiger partial charge in [0.25, 0.3) is 5.91 Å². The van der Waals surface area contributed by atoms with Gasteiger partial charge in [0.05, 0.1) is 12.2 Å². The topological polar surface area (TPSA) is 113 Å². The van der Waals surface area contributed by atoms with Crippen LogP contribution in [-0.2, 0) is 27.3 Å². The minimum Gasteiger partial charge on any atom is -0.336 e. The van der Waals surface area contributed by atoms with E-state index >= 15 is 0 Å². The van der Waals surface area contributed by atoms with Crippen LogP contribution < -0.4 is 5.32 Å². The summed E-state index contributed by atoms with van der Waals surface area (Å²) in [6.45, 7) is 0.593. The number of carbonyl (C=O) groups is 4. The van der Waals surface area contributed by atoms with Crippen molar-refractivity contribution >= 4 is 40.1 Å². The largest absolute Gasteiger partial charge is 0.336 e. The summed E-state index contributed by atoms with van der Waals surface area (Å²) in [5.41, 5.74) is 1.14. The van der Waals surface area contributed by atoms with Crippen LogP contribution >= 0.6 is 11.3 Å². The van der Waals surface area contributed by atoms with Crippen molar-refractivity contribution in [1.29, 1.82) is 0 Å². The molecule has 2 aromatic heterocycles. The fourth-order valence-corrected chi connectivity index (χ4v) is 4.17. The van der Waals surface area contributed by atoms with Crippen molar-refractivity contribution in [2.45, 2.75) is 25.8 Å². The summed E-state index contributed by atoms with van der Waals surface area (Å²) in [4.78, 5) is 60.1. The number of hydrogen-bond acceptors (Lipinski definition) is 7. The van der Waals surface area contributed by atoms with Gasteiger partial charge >= 0.3 is 0 Å². The molecule has 4 rings (SSSR count). The number of anilines is 1. The number of amides is 4. The van der Waals surface area contributed by atoms with Crippen molar-refractivity contribution in [2.24, 2.45) is 0 Å². The molecule has 0 spiro atoms. The van der Waals surface area contributed by atoms with Gasteiger partial charge in [0.1, 0.15) is 12.2 Å². The third kappa shape index (κ3) is 3.63. The Morgan fingerprint density at radius 2 is 1.93 bits per heavy atom. The van der Waals surface area contributed by atoms with Gasteiger partial charge in [-0.2, -0.15) is 0 Å². The molecule has 144 valence electrons. The number of pyridine rings is 1. The van der Waals surface area contributed by atoms with E-state index in [4.69, 9.17) is 0 Å². The molecule has 2 aliphatic heterocycles. The lowest BCUT2D eigenvalue weighted by Crippen LogP contribution is -2.44. The smallest absolute Gasteiger partial charge is 0.276 e. The van der Waals surface area contributed by atoms with E-state index in [0.717, 1.165) is 15.5 Å². The van der Waals surface area contributed by atoms with E-state index in [2.05, 4.69) is 15.3 Å². The number of hydrogen-bond donors (Lipinski definition) is 1. The molecule has 2 aromatic rings. The molecule has 0 atom stereocenters. The highest BCUT2D eigenvalue weighted by molar-refractivity contribution is 7.15. The molecule has 0 unspecified atom stereocenters. The van der Waals surface area contributed by atoms with Crippen LogP contribution in [0.15, 0.2) is 24.4 Å². The SMILES string of the molecule is O=C(Nc1nc2c(s1)CN(C(=O)CN1C(=O)CCC1=O)CC2)c1ccccn1. The molecular weight excluding hydrogens is 382 g/mol. The number of imide groups is 1. The van der Waals surface area contributed by atoms with Crippen LogP contribution in [0.1, 0.15) is 33.9 Å². The predicted octanol–water partition coefficient (Wildman–Crippen LogP) is 0.824. The van der Waals surface area contributed by atoms with Crippen molar-refractivity contribution in [3.05, 3.63) is 40.7 Å². The van der Waals surface area contributed by atoms with Crippen molar-refractivity contribution in [3.63, 3.8) is 0 Å². The van der Waals surface area contributed by atoms with E-state index in [1.807, 2.05) is 0 Å². The van der Waals surface area contributed by atoms with Crippen LogP contribution in [0.4, 0.5) is 5.13 Å². The molecule has 9 nitrogen and oxygen atoms in total. The van der Waals surface area contributed by atoms with Gasteiger partial charge in [-0.1, -0.05) is 17.4 Å². The predicted molar refractivity (Wildman–Crippen MR) is 99.4 cm³/mol. The first-order valence-electron chi connectivity index (χ1n) is 8.83. The zero-order valence-electron chi connectivity index (χ0n) is 14.9. The number of carbonyl (C=O) groups excluding carboxylic acids is 4. The summed E-state index contributed by atoms with van der Waals surface area (Å²) in [5.74, 6) is -1.20. The number of fused-ring (bicyclic) bond motifs is 1. The number of thiazole rings is 1. The Labute approximate surface area is 164 Å². The maximum absolute atomic E-state index is 12.5. The van der Waals surface area contributed by atoms with Crippen LogP contribution in [-0.4, -0.2) is 56.5 Å². The summed E-state index contributed by atoms with van der Waals surface area (Å²) < 4.78 is 0. The maximum Gasteiger partial charge on any atom is 0.276 e. The molecule has 0 bridgehead atoms. The molecule has 4 heterocycles. The average molecular weight is 399 g/mol. The Kier molecular flexibility index (Phi) is 4.86. The van der Waals surface area contributed by atoms with E-state index in [-0.39, 0.29) is 43.0 Å². The first-order chi connectivity index (χ1) is 13.5. The Morgan fingerprint density at radius 1 is 1.14 bits per heavy atom.